The van der Waals surface area contributed by atoms with Gasteiger partial charge in [0, 0.05) is 29.4 Å². The fourth-order valence-electron chi connectivity index (χ4n) is 3.51. The van der Waals surface area contributed by atoms with Crippen molar-refractivity contribution in [3.8, 4) is 0 Å². The van der Waals surface area contributed by atoms with Crippen LogP contribution in [0.25, 0.3) is 0 Å². The first-order valence-electron chi connectivity index (χ1n) is 10.5. The van der Waals surface area contributed by atoms with Crippen molar-refractivity contribution < 1.29 is 18.7 Å². The van der Waals surface area contributed by atoms with E-state index >= 15 is 0 Å². The molecule has 168 valence electrons. The molecule has 2 aromatic rings. The maximum atomic E-state index is 12.9. The van der Waals surface area contributed by atoms with Crippen LogP contribution in [0.4, 0.5) is 4.79 Å². The van der Waals surface area contributed by atoms with Crippen molar-refractivity contribution in [2.75, 3.05) is 6.54 Å². The third-order valence-electron chi connectivity index (χ3n) is 5.04. The van der Waals surface area contributed by atoms with Crippen LogP contribution < -0.4 is 0 Å². The molecule has 0 fully saturated rings. The van der Waals surface area contributed by atoms with Gasteiger partial charge < -0.3 is 14.1 Å². The van der Waals surface area contributed by atoms with Gasteiger partial charge >= 0.3 is 6.09 Å². The number of halogens is 1. The van der Waals surface area contributed by atoms with Gasteiger partial charge in [0.15, 0.2) is 0 Å². The van der Waals surface area contributed by atoms with Crippen molar-refractivity contribution >= 4 is 27.8 Å². The van der Waals surface area contributed by atoms with E-state index in [0.29, 0.717) is 25.4 Å². The highest BCUT2D eigenvalue weighted by Crippen LogP contribution is 2.34. The Kier molecular flexibility index (Phi) is 6.60. The summed E-state index contributed by atoms with van der Waals surface area (Å²) in [6, 6.07) is 5.98. The number of rotatable bonds is 3. The number of hydrogen-bond acceptors (Lipinski definition) is 6. The maximum absolute atomic E-state index is 12.9. The zero-order valence-corrected chi connectivity index (χ0v) is 20.6. The van der Waals surface area contributed by atoms with E-state index in [-0.39, 0.29) is 35.5 Å². The third-order valence-corrected chi connectivity index (χ3v) is 5.54. The Morgan fingerprint density at radius 1 is 1.19 bits per heavy atom. The molecular weight excluding hydrogens is 462 g/mol. The van der Waals surface area contributed by atoms with E-state index in [1.807, 2.05) is 59.7 Å². The summed E-state index contributed by atoms with van der Waals surface area (Å²) in [4.78, 5) is 27.3. The normalized spacial score (nSPS) is 17.1. The summed E-state index contributed by atoms with van der Waals surface area (Å²) in [6.07, 6.45) is 0.528. The number of benzene rings is 1. The number of hydrogen-bond donors (Lipinski definition) is 0. The van der Waals surface area contributed by atoms with Gasteiger partial charge in [0.2, 0.25) is 11.7 Å². The van der Waals surface area contributed by atoms with Gasteiger partial charge in [-0.2, -0.15) is 0 Å². The summed E-state index contributed by atoms with van der Waals surface area (Å²) in [5.74, 6) is 0.231. The van der Waals surface area contributed by atoms with E-state index in [9.17, 15) is 9.59 Å². The van der Waals surface area contributed by atoms with Crippen LogP contribution in [0.5, 0.6) is 0 Å². The van der Waals surface area contributed by atoms with Crippen molar-refractivity contribution in [1.82, 2.24) is 15.1 Å². The van der Waals surface area contributed by atoms with Crippen molar-refractivity contribution in [2.24, 2.45) is 0 Å². The average molecular weight is 492 g/mol. The van der Waals surface area contributed by atoms with Gasteiger partial charge in [0.1, 0.15) is 5.60 Å². The van der Waals surface area contributed by atoms with Gasteiger partial charge in [0.25, 0.3) is 5.89 Å². The van der Waals surface area contributed by atoms with Gasteiger partial charge in [0.05, 0.1) is 0 Å². The molecule has 0 N–H and O–H groups in total. The summed E-state index contributed by atoms with van der Waals surface area (Å²) >= 11 is 3.52. The molecule has 1 aliphatic rings. The molecule has 0 saturated carbocycles. The molecule has 1 aliphatic heterocycles. The second-order valence-electron chi connectivity index (χ2n) is 10.0. The lowest BCUT2D eigenvalue weighted by Gasteiger charge is -2.26. The van der Waals surface area contributed by atoms with Crippen LogP contribution in [-0.4, -0.2) is 39.1 Å². The Morgan fingerprint density at radius 2 is 1.90 bits per heavy atom. The first-order valence-corrected chi connectivity index (χ1v) is 11.3. The van der Waals surface area contributed by atoms with Crippen LogP contribution in [-0.2, 0) is 16.7 Å². The standard InChI is InChI=1S/C23H30BrN3O4/c1-22(2,3)20-26-25-19(30-20)18(28)12-14-9-10-27(21(29)31-23(4,5)6)13-15-11-16(24)7-8-17(14)15/h7-8,11,14H,9-10,12-13H2,1-6H3/t14-/m0/s1. The van der Waals surface area contributed by atoms with Crippen molar-refractivity contribution in [3.63, 3.8) is 0 Å². The second kappa shape index (κ2) is 8.73. The number of Topliss-reactive ketones (excluding diaryl/α,β-unsaturated/α-hetero) is 1. The Labute approximate surface area is 191 Å². The number of ether oxygens (including phenoxy) is 1. The Balaban J connectivity index is 1.82. The number of carbonyl (C=O) groups is 2. The molecule has 3 rings (SSSR count). The topological polar surface area (TPSA) is 85.5 Å². The van der Waals surface area contributed by atoms with Crippen LogP contribution >= 0.6 is 15.9 Å². The largest absolute Gasteiger partial charge is 0.444 e. The van der Waals surface area contributed by atoms with E-state index in [0.717, 1.165) is 15.6 Å². The fourth-order valence-corrected chi connectivity index (χ4v) is 3.91. The number of aromatic nitrogens is 2. The molecule has 0 saturated heterocycles. The second-order valence-corrected chi connectivity index (χ2v) is 10.9. The van der Waals surface area contributed by atoms with Crippen LogP contribution in [0.1, 0.15) is 88.0 Å². The SMILES string of the molecule is CC(C)(C)OC(=O)N1CC[C@@H](CC(=O)c2nnc(C(C)(C)C)o2)c2ccc(Br)cc2C1. The summed E-state index contributed by atoms with van der Waals surface area (Å²) in [5.41, 5.74) is 1.16. The highest BCUT2D eigenvalue weighted by Gasteiger charge is 2.31. The molecule has 8 heteroatoms. The molecule has 0 radical (unpaired) electrons. The molecule has 1 atom stereocenters. The molecule has 1 aromatic heterocycles. The number of nitrogens with zero attached hydrogens (tertiary/aromatic N) is 3. The molecular formula is C23H30BrN3O4. The molecule has 31 heavy (non-hydrogen) atoms. The summed E-state index contributed by atoms with van der Waals surface area (Å²) in [5, 5.41) is 8.00. The molecule has 0 spiro atoms. The lowest BCUT2D eigenvalue weighted by atomic mass is 9.88. The zero-order valence-electron chi connectivity index (χ0n) is 19.0. The monoisotopic (exact) mass is 491 g/mol. The third kappa shape index (κ3) is 5.93. The number of amides is 1. The zero-order chi connectivity index (χ0) is 23.0. The van der Waals surface area contributed by atoms with Crippen LogP contribution in [0.15, 0.2) is 27.1 Å². The van der Waals surface area contributed by atoms with E-state index in [1.165, 1.54) is 0 Å². The van der Waals surface area contributed by atoms with Crippen molar-refractivity contribution in [1.29, 1.82) is 0 Å². The predicted octanol–water partition coefficient (Wildman–Crippen LogP) is 5.63. The number of ketones is 1. The first kappa shape index (κ1) is 23.4. The minimum absolute atomic E-state index is 0.0387. The Hall–Kier alpha value is -2.22. The molecule has 0 unspecified atom stereocenters. The smallest absolute Gasteiger partial charge is 0.410 e. The van der Waals surface area contributed by atoms with Crippen LogP contribution in [0.3, 0.4) is 0 Å². The van der Waals surface area contributed by atoms with Gasteiger partial charge in [-0.15, -0.1) is 10.2 Å². The summed E-state index contributed by atoms with van der Waals surface area (Å²) < 4.78 is 12.1. The lowest BCUT2D eigenvalue weighted by molar-refractivity contribution is 0.0234. The molecule has 7 nitrogen and oxygen atoms in total. The lowest BCUT2D eigenvalue weighted by Crippen LogP contribution is -2.36. The molecule has 0 aliphatic carbocycles. The van der Waals surface area contributed by atoms with Gasteiger partial charge in [-0.05, 0) is 56.4 Å². The predicted molar refractivity (Wildman–Crippen MR) is 120 cm³/mol. The van der Waals surface area contributed by atoms with Gasteiger partial charge in [-0.1, -0.05) is 42.8 Å². The molecule has 2 heterocycles. The van der Waals surface area contributed by atoms with Gasteiger partial charge in [-0.25, -0.2) is 4.79 Å². The van der Waals surface area contributed by atoms with Crippen molar-refractivity contribution in [3.05, 3.63) is 45.6 Å². The molecule has 1 aromatic carbocycles. The van der Waals surface area contributed by atoms with E-state index in [4.69, 9.17) is 9.15 Å². The number of carbonyl (C=O) groups excluding carboxylic acids is 2. The highest BCUT2D eigenvalue weighted by molar-refractivity contribution is 9.10. The Bertz CT molecular complexity index is 972. The minimum Gasteiger partial charge on any atom is -0.444 e. The van der Waals surface area contributed by atoms with Crippen LogP contribution in [0, 0.1) is 0 Å². The van der Waals surface area contributed by atoms with E-state index in [2.05, 4.69) is 26.1 Å². The quantitative estimate of drug-likeness (QED) is 0.517. The number of fused-ring (bicyclic) bond motifs is 1. The van der Waals surface area contributed by atoms with Crippen molar-refractivity contribution in [2.45, 2.75) is 77.9 Å². The Morgan fingerprint density at radius 3 is 2.52 bits per heavy atom. The maximum Gasteiger partial charge on any atom is 0.410 e. The minimum atomic E-state index is -0.568. The molecule has 0 bridgehead atoms. The first-order chi connectivity index (χ1) is 14.3. The fraction of sp³-hybridized carbons (Fsp3) is 0.565. The van der Waals surface area contributed by atoms with E-state index < -0.39 is 5.60 Å². The highest BCUT2D eigenvalue weighted by atomic mass is 79.9. The van der Waals surface area contributed by atoms with Gasteiger partial charge in [-0.3, -0.25) is 4.79 Å². The van der Waals surface area contributed by atoms with E-state index in [1.54, 1.807) is 4.90 Å². The molecule has 1 amide bonds. The summed E-state index contributed by atoms with van der Waals surface area (Å²) in [6.45, 7) is 12.4. The van der Waals surface area contributed by atoms with Crippen LogP contribution in [0.2, 0.25) is 0 Å². The average Bonchev–Trinajstić information content (AvgIpc) is 3.07. The summed E-state index contributed by atoms with van der Waals surface area (Å²) in [7, 11) is 0.